The molecule has 1 fully saturated rings. The fourth-order valence-corrected chi connectivity index (χ4v) is 3.94. The molecule has 3 rings (SSSR count). The molecule has 2 aromatic carbocycles. The lowest BCUT2D eigenvalue weighted by Gasteiger charge is -2.24. The highest BCUT2D eigenvalue weighted by atomic mass is 127. The predicted molar refractivity (Wildman–Crippen MR) is 139 cm³/mol. The van der Waals surface area contributed by atoms with Gasteiger partial charge >= 0.3 is 0 Å². The van der Waals surface area contributed by atoms with Crippen LogP contribution >= 0.6 is 24.0 Å². The molecule has 1 heterocycles. The lowest BCUT2D eigenvalue weighted by atomic mass is 10.1. The van der Waals surface area contributed by atoms with Crippen molar-refractivity contribution in [1.29, 1.82) is 0 Å². The minimum atomic E-state index is 0. The van der Waals surface area contributed by atoms with E-state index in [0.717, 1.165) is 62.2 Å². The molecular formula is C24H35IN4O2. The van der Waals surface area contributed by atoms with Crippen molar-refractivity contribution in [3.63, 3.8) is 0 Å². The Hall–Kier alpha value is -2.16. The second kappa shape index (κ2) is 12.6. The van der Waals surface area contributed by atoms with Gasteiger partial charge in [-0.15, -0.1) is 24.0 Å². The van der Waals surface area contributed by atoms with Crippen LogP contribution in [0.5, 0.6) is 11.5 Å². The Morgan fingerprint density at radius 3 is 2.48 bits per heavy atom. The first-order valence-corrected chi connectivity index (χ1v) is 10.7. The standard InChI is InChI=1S/C24H34N4O2.HI/c1-5-25-24(27(2)18-20-10-6-8-12-22(20)29-3)26-16-19-14-15-28(17-19)21-11-7-9-13-23(21)30-4;/h6-13,19H,5,14-18H2,1-4H3,(H,25,26);1H. The number of nitrogens with zero attached hydrogens (tertiary/aromatic N) is 3. The Morgan fingerprint density at radius 2 is 1.77 bits per heavy atom. The Bertz CT molecular complexity index is 846. The van der Waals surface area contributed by atoms with Crippen molar-refractivity contribution < 1.29 is 9.47 Å². The van der Waals surface area contributed by atoms with Crippen LogP contribution in [0.25, 0.3) is 0 Å². The van der Waals surface area contributed by atoms with E-state index in [1.54, 1.807) is 14.2 Å². The van der Waals surface area contributed by atoms with Gasteiger partial charge in [0.15, 0.2) is 5.96 Å². The van der Waals surface area contributed by atoms with E-state index < -0.39 is 0 Å². The maximum Gasteiger partial charge on any atom is 0.193 e. The molecule has 1 unspecified atom stereocenters. The summed E-state index contributed by atoms with van der Waals surface area (Å²) in [4.78, 5) is 9.52. The summed E-state index contributed by atoms with van der Waals surface area (Å²) in [6, 6.07) is 16.4. The molecule has 0 spiro atoms. The minimum absolute atomic E-state index is 0. The van der Waals surface area contributed by atoms with Gasteiger partial charge in [0.05, 0.1) is 19.9 Å². The number of hydrogen-bond donors (Lipinski definition) is 1. The van der Waals surface area contributed by atoms with Gasteiger partial charge in [-0.05, 0) is 37.5 Å². The zero-order chi connectivity index (χ0) is 21.3. The summed E-state index contributed by atoms with van der Waals surface area (Å²) in [5.74, 6) is 3.30. The normalized spacial score (nSPS) is 15.9. The van der Waals surface area contributed by atoms with E-state index in [4.69, 9.17) is 14.5 Å². The number of aliphatic imine (C=N–C) groups is 1. The van der Waals surface area contributed by atoms with Crippen LogP contribution in [0, 0.1) is 5.92 Å². The number of para-hydroxylation sites is 3. The number of anilines is 1. The molecule has 0 bridgehead atoms. The smallest absolute Gasteiger partial charge is 0.193 e. The van der Waals surface area contributed by atoms with E-state index in [1.807, 2.05) is 30.3 Å². The van der Waals surface area contributed by atoms with Gasteiger partial charge in [-0.2, -0.15) is 0 Å². The number of hydrogen-bond acceptors (Lipinski definition) is 4. The summed E-state index contributed by atoms with van der Waals surface area (Å²) in [5, 5.41) is 3.43. The highest BCUT2D eigenvalue weighted by Crippen LogP contribution is 2.32. The molecule has 1 saturated heterocycles. The molecule has 1 N–H and O–H groups in total. The second-order valence-corrected chi connectivity index (χ2v) is 7.64. The zero-order valence-corrected chi connectivity index (χ0v) is 21.3. The van der Waals surface area contributed by atoms with E-state index in [0.29, 0.717) is 5.92 Å². The summed E-state index contributed by atoms with van der Waals surface area (Å²) >= 11 is 0. The Balaban J connectivity index is 0.00000341. The first-order chi connectivity index (χ1) is 14.7. The van der Waals surface area contributed by atoms with E-state index >= 15 is 0 Å². The van der Waals surface area contributed by atoms with Crippen LogP contribution in [0.4, 0.5) is 5.69 Å². The quantitative estimate of drug-likeness (QED) is 0.310. The van der Waals surface area contributed by atoms with Crippen LogP contribution < -0.4 is 19.7 Å². The van der Waals surface area contributed by atoms with Crippen molar-refractivity contribution >= 4 is 35.6 Å². The predicted octanol–water partition coefficient (Wildman–Crippen LogP) is 4.25. The molecule has 1 aliphatic rings. The molecule has 1 atom stereocenters. The summed E-state index contributed by atoms with van der Waals surface area (Å²) in [7, 11) is 5.52. The Labute approximate surface area is 203 Å². The van der Waals surface area contributed by atoms with Gasteiger partial charge in [0, 0.05) is 45.3 Å². The van der Waals surface area contributed by atoms with Crippen LogP contribution in [-0.2, 0) is 6.54 Å². The molecule has 31 heavy (non-hydrogen) atoms. The molecule has 6 nitrogen and oxygen atoms in total. The third-order valence-electron chi connectivity index (χ3n) is 5.51. The molecule has 0 radical (unpaired) electrons. The van der Waals surface area contributed by atoms with Gasteiger partial charge in [0.25, 0.3) is 0 Å². The monoisotopic (exact) mass is 538 g/mol. The van der Waals surface area contributed by atoms with Crippen molar-refractivity contribution in [2.24, 2.45) is 10.9 Å². The number of halogens is 1. The number of methoxy groups -OCH3 is 2. The number of nitrogens with one attached hydrogen (secondary N) is 1. The third kappa shape index (κ3) is 6.66. The fraction of sp³-hybridized carbons (Fsp3) is 0.458. The van der Waals surface area contributed by atoms with Crippen LogP contribution in [0.2, 0.25) is 0 Å². The zero-order valence-electron chi connectivity index (χ0n) is 19.0. The molecule has 2 aromatic rings. The third-order valence-corrected chi connectivity index (χ3v) is 5.51. The molecule has 0 aliphatic carbocycles. The molecule has 0 aromatic heterocycles. The van der Waals surface area contributed by atoms with Crippen LogP contribution in [0.15, 0.2) is 53.5 Å². The van der Waals surface area contributed by atoms with E-state index in [9.17, 15) is 0 Å². The topological polar surface area (TPSA) is 49.3 Å². The molecule has 1 aliphatic heterocycles. The van der Waals surface area contributed by atoms with Gasteiger partial charge in [-0.1, -0.05) is 30.3 Å². The summed E-state index contributed by atoms with van der Waals surface area (Å²) in [5.41, 5.74) is 2.32. The van der Waals surface area contributed by atoms with Crippen LogP contribution in [0.1, 0.15) is 18.9 Å². The van der Waals surface area contributed by atoms with Crippen molar-refractivity contribution in [3.05, 3.63) is 54.1 Å². The van der Waals surface area contributed by atoms with Crippen molar-refractivity contribution in [2.45, 2.75) is 19.9 Å². The first-order valence-electron chi connectivity index (χ1n) is 10.7. The number of ether oxygens (including phenoxy) is 2. The van der Waals surface area contributed by atoms with E-state index in [-0.39, 0.29) is 24.0 Å². The number of guanidine groups is 1. The summed E-state index contributed by atoms with van der Waals surface area (Å²) < 4.78 is 11.0. The van der Waals surface area contributed by atoms with Crippen molar-refractivity contribution in [2.75, 3.05) is 52.3 Å². The Kier molecular flexibility index (Phi) is 10.2. The average molecular weight is 538 g/mol. The molecular weight excluding hydrogens is 503 g/mol. The maximum atomic E-state index is 5.53. The summed E-state index contributed by atoms with van der Waals surface area (Å²) in [6.07, 6.45) is 1.14. The SMILES string of the molecule is CCNC(=NCC1CCN(c2ccccc2OC)C1)N(C)Cc1ccccc1OC.I. The highest BCUT2D eigenvalue weighted by molar-refractivity contribution is 14.0. The van der Waals surface area contributed by atoms with Gasteiger partial charge in [0.1, 0.15) is 11.5 Å². The van der Waals surface area contributed by atoms with Crippen molar-refractivity contribution in [1.82, 2.24) is 10.2 Å². The van der Waals surface area contributed by atoms with Crippen molar-refractivity contribution in [3.8, 4) is 11.5 Å². The highest BCUT2D eigenvalue weighted by Gasteiger charge is 2.24. The number of rotatable bonds is 8. The first kappa shape index (κ1) is 25.1. The molecule has 0 amide bonds. The number of benzene rings is 2. The van der Waals surface area contributed by atoms with E-state index in [1.165, 1.54) is 5.69 Å². The largest absolute Gasteiger partial charge is 0.496 e. The lowest BCUT2D eigenvalue weighted by Crippen LogP contribution is -2.39. The van der Waals surface area contributed by atoms with Crippen LogP contribution in [0.3, 0.4) is 0 Å². The lowest BCUT2D eigenvalue weighted by molar-refractivity contribution is 0.395. The fourth-order valence-electron chi connectivity index (χ4n) is 3.94. The van der Waals surface area contributed by atoms with Gasteiger partial charge < -0.3 is 24.6 Å². The minimum Gasteiger partial charge on any atom is -0.496 e. The molecule has 7 heteroatoms. The van der Waals surface area contributed by atoms with Gasteiger partial charge in [-0.3, -0.25) is 4.99 Å². The van der Waals surface area contributed by atoms with Gasteiger partial charge in [-0.25, -0.2) is 0 Å². The average Bonchev–Trinajstić information content (AvgIpc) is 3.25. The second-order valence-electron chi connectivity index (χ2n) is 7.64. The van der Waals surface area contributed by atoms with Gasteiger partial charge in [0.2, 0.25) is 0 Å². The molecule has 170 valence electrons. The molecule has 0 saturated carbocycles. The summed E-state index contributed by atoms with van der Waals surface area (Å²) in [6.45, 7) is 6.53. The van der Waals surface area contributed by atoms with E-state index in [2.05, 4.69) is 47.3 Å². The maximum absolute atomic E-state index is 5.53. The Morgan fingerprint density at radius 1 is 1.10 bits per heavy atom. The van der Waals surface area contributed by atoms with Crippen LogP contribution in [-0.4, -0.2) is 58.3 Å².